The van der Waals surface area contributed by atoms with Crippen molar-refractivity contribution in [3.05, 3.63) is 182 Å². The fourth-order valence-corrected chi connectivity index (χ4v) is 11.5. The minimum Gasteiger partial charge on any atom is -0.462 e. The Hall–Kier alpha value is -5.84. The average molecular weight is 1520 g/mol. The lowest BCUT2D eigenvalue weighted by Gasteiger charge is -2.21. The maximum absolute atomic E-state index is 13.1. The number of carbonyl (C=O) groups is 4. The van der Waals surface area contributed by atoms with Gasteiger partial charge in [0, 0.05) is 25.7 Å². The molecule has 19 heteroatoms. The molecule has 0 heterocycles. The number of phosphoric acid groups is 2. The summed E-state index contributed by atoms with van der Waals surface area (Å²) in [6.07, 6.45) is 93.2. The molecule has 5 unspecified atom stereocenters. The Labute approximate surface area is 641 Å². The predicted octanol–water partition coefficient (Wildman–Crippen LogP) is 23.6. The summed E-state index contributed by atoms with van der Waals surface area (Å²) < 4.78 is 68.5. The van der Waals surface area contributed by atoms with E-state index in [1.165, 1.54) is 51.4 Å². The van der Waals surface area contributed by atoms with Crippen molar-refractivity contribution in [2.75, 3.05) is 39.6 Å². The summed E-state index contributed by atoms with van der Waals surface area (Å²) in [5.41, 5.74) is 0. The van der Waals surface area contributed by atoms with Gasteiger partial charge in [0.2, 0.25) is 0 Å². The second-order valence-electron chi connectivity index (χ2n) is 25.9. The van der Waals surface area contributed by atoms with Crippen LogP contribution >= 0.6 is 15.6 Å². The van der Waals surface area contributed by atoms with Gasteiger partial charge in [0.05, 0.1) is 26.4 Å². The first kappa shape index (κ1) is 100. The van der Waals surface area contributed by atoms with Crippen molar-refractivity contribution in [2.45, 2.75) is 303 Å². The number of hydrogen-bond acceptors (Lipinski definition) is 15. The molecule has 0 aromatic heterocycles. The topological polar surface area (TPSA) is 237 Å². The van der Waals surface area contributed by atoms with Crippen molar-refractivity contribution in [1.29, 1.82) is 0 Å². The van der Waals surface area contributed by atoms with E-state index in [0.717, 1.165) is 141 Å². The quantitative estimate of drug-likeness (QED) is 0.0169. The zero-order chi connectivity index (χ0) is 77.4. The molecule has 0 rings (SSSR count). The highest BCUT2D eigenvalue weighted by molar-refractivity contribution is 7.47. The van der Waals surface area contributed by atoms with Crippen molar-refractivity contribution >= 4 is 39.5 Å². The van der Waals surface area contributed by atoms with Crippen molar-refractivity contribution in [1.82, 2.24) is 0 Å². The average Bonchev–Trinajstić information content (AvgIpc) is 0.907. The van der Waals surface area contributed by atoms with Crippen LogP contribution in [0.15, 0.2) is 182 Å². The Kier molecular flexibility index (Phi) is 73.1. The largest absolute Gasteiger partial charge is 0.472 e. The number of ether oxygens (including phenoxy) is 4. The summed E-state index contributed by atoms with van der Waals surface area (Å²) in [6.45, 7) is 4.34. The highest BCUT2D eigenvalue weighted by atomic mass is 31.2. The lowest BCUT2D eigenvalue weighted by Crippen LogP contribution is -2.30. The van der Waals surface area contributed by atoms with Crippen LogP contribution in [0.3, 0.4) is 0 Å². The monoisotopic (exact) mass is 1520 g/mol. The molecule has 0 radical (unpaired) electrons. The first-order valence-corrected chi connectivity index (χ1v) is 43.0. The standard InChI is InChI=1S/C87H140O17P2/c1-5-9-13-17-21-25-29-33-36-39-40-43-45-49-52-56-60-64-68-72-85(90)98-78-83(104-87(92)74-70-66-62-58-54-50-46-42-38-35-31-27-23-19-15-11-7-3)80-102-106(95,96)100-76-81(88)75-99-105(93,94)101-79-82(103-86(91)73-69-65-61-57-53-47-32-28-24-20-16-12-8-4)77-97-84(89)71-67-63-59-55-51-48-44-41-37-34-30-26-22-18-14-10-6-2/h9-11,13-15,21-23,25-27,33-38,40,43-44,46,48-50,52,55,59-60,64,81-83,88H,5-8,12,16-20,24,28-32,39,41-42,45,47,51,53-54,56-58,61-63,65-80H2,1-4H3,(H,93,94)(H,95,96)/b13-9-,14-10-,15-11-,25-21-,26-22-,27-23-,36-33-,37-34-,38-35-,43-40-,48-44-,50-46-,52-49-,59-55-,64-60-. The number of hydrogen-bond donors (Lipinski definition) is 3. The van der Waals surface area contributed by atoms with Gasteiger partial charge in [-0.05, 0) is 141 Å². The van der Waals surface area contributed by atoms with E-state index in [1.807, 2.05) is 30.4 Å². The smallest absolute Gasteiger partial charge is 0.462 e. The van der Waals surface area contributed by atoms with E-state index in [4.69, 9.17) is 37.0 Å². The Morgan fingerprint density at radius 1 is 0.274 bits per heavy atom. The predicted molar refractivity (Wildman–Crippen MR) is 436 cm³/mol. The Bertz CT molecular complexity index is 2730. The third-order valence-electron chi connectivity index (χ3n) is 15.9. The molecule has 0 bridgehead atoms. The molecule has 0 aliphatic heterocycles. The van der Waals surface area contributed by atoms with Crippen molar-refractivity contribution in [2.24, 2.45) is 0 Å². The number of allylic oxidation sites excluding steroid dienone is 30. The van der Waals surface area contributed by atoms with Crippen LogP contribution in [0.1, 0.15) is 285 Å². The van der Waals surface area contributed by atoms with Gasteiger partial charge in [-0.15, -0.1) is 0 Å². The molecule has 0 aromatic rings. The van der Waals surface area contributed by atoms with Gasteiger partial charge in [-0.25, -0.2) is 9.13 Å². The van der Waals surface area contributed by atoms with E-state index in [0.29, 0.717) is 38.5 Å². The summed E-state index contributed by atoms with van der Waals surface area (Å²) in [6, 6.07) is 0. The van der Waals surface area contributed by atoms with E-state index in [9.17, 15) is 43.2 Å². The Morgan fingerprint density at radius 3 is 0.840 bits per heavy atom. The number of esters is 4. The number of aliphatic hydroxyl groups is 1. The summed E-state index contributed by atoms with van der Waals surface area (Å²) in [7, 11) is -10.0. The van der Waals surface area contributed by atoms with Gasteiger partial charge in [0.1, 0.15) is 19.3 Å². The van der Waals surface area contributed by atoms with E-state index in [2.05, 4.69) is 180 Å². The SMILES string of the molecule is CC/C=C\C/C=C\C/C=C\C/C=C\C/C=C\C/C=C\CCC(=O)OCC(COP(=O)(O)OCC(O)COP(=O)(O)OCC(COC(=O)CCC/C=C\C/C=C\C/C=C\C/C=C\C/C=C\CC)OC(=O)CCCCCCCCCCCCCCC)OC(=O)CCCCCC/C=C\C/C=C\C/C=C\C/C=C\CC. The van der Waals surface area contributed by atoms with Gasteiger partial charge < -0.3 is 33.8 Å². The van der Waals surface area contributed by atoms with Crippen LogP contribution in [0, 0.1) is 0 Å². The molecule has 5 atom stereocenters. The number of unbranched alkanes of at least 4 members (excludes halogenated alkanes) is 17. The van der Waals surface area contributed by atoms with Crippen LogP contribution in [0.4, 0.5) is 0 Å². The zero-order valence-electron chi connectivity index (χ0n) is 65.5. The highest BCUT2D eigenvalue weighted by Crippen LogP contribution is 2.45. The molecule has 106 heavy (non-hydrogen) atoms. The van der Waals surface area contributed by atoms with E-state index < -0.39 is 97.5 Å². The zero-order valence-corrected chi connectivity index (χ0v) is 67.3. The molecule has 0 aliphatic carbocycles. The molecule has 0 aliphatic rings. The van der Waals surface area contributed by atoms with Gasteiger partial charge in [-0.3, -0.25) is 37.3 Å². The van der Waals surface area contributed by atoms with Crippen LogP contribution in [0.25, 0.3) is 0 Å². The van der Waals surface area contributed by atoms with Crippen LogP contribution < -0.4 is 0 Å². The number of phosphoric ester groups is 2. The summed E-state index contributed by atoms with van der Waals surface area (Å²) >= 11 is 0. The van der Waals surface area contributed by atoms with Crippen LogP contribution in [0.2, 0.25) is 0 Å². The molecule has 0 saturated carbocycles. The Balaban J connectivity index is 5.51. The van der Waals surface area contributed by atoms with Crippen LogP contribution in [-0.2, 0) is 65.4 Å². The first-order chi connectivity index (χ1) is 51.7. The van der Waals surface area contributed by atoms with Gasteiger partial charge in [-0.1, -0.05) is 300 Å². The molecule has 0 spiro atoms. The summed E-state index contributed by atoms with van der Waals surface area (Å²) in [5.74, 6) is -2.38. The molecule has 0 amide bonds. The molecule has 0 aromatic carbocycles. The maximum atomic E-state index is 13.1. The molecule has 600 valence electrons. The van der Waals surface area contributed by atoms with E-state index >= 15 is 0 Å². The molecular formula is C87H140O17P2. The van der Waals surface area contributed by atoms with Gasteiger partial charge in [0.25, 0.3) is 0 Å². The van der Waals surface area contributed by atoms with E-state index in [1.54, 1.807) is 0 Å². The Morgan fingerprint density at radius 2 is 0.519 bits per heavy atom. The molecule has 3 N–H and O–H groups in total. The molecule has 0 fully saturated rings. The lowest BCUT2D eigenvalue weighted by molar-refractivity contribution is -0.161. The van der Waals surface area contributed by atoms with Crippen LogP contribution in [-0.4, -0.2) is 96.7 Å². The maximum Gasteiger partial charge on any atom is 0.472 e. The molecule has 17 nitrogen and oxygen atoms in total. The molecule has 0 saturated heterocycles. The van der Waals surface area contributed by atoms with Crippen molar-refractivity contribution in [3.8, 4) is 0 Å². The van der Waals surface area contributed by atoms with Gasteiger partial charge in [-0.2, -0.15) is 0 Å². The summed E-state index contributed by atoms with van der Waals surface area (Å²) in [4.78, 5) is 73.0. The molecular weight excluding hydrogens is 1380 g/mol. The number of aliphatic hydroxyl groups excluding tert-OH is 1. The summed E-state index contributed by atoms with van der Waals surface area (Å²) in [5, 5.41) is 10.6. The van der Waals surface area contributed by atoms with Crippen LogP contribution in [0.5, 0.6) is 0 Å². The number of carbonyl (C=O) groups excluding carboxylic acids is 4. The normalized spacial score (nSPS) is 14.8. The highest BCUT2D eigenvalue weighted by Gasteiger charge is 2.30. The minimum atomic E-state index is -5.01. The van der Waals surface area contributed by atoms with Gasteiger partial charge >= 0.3 is 39.5 Å². The fourth-order valence-electron chi connectivity index (χ4n) is 9.92. The number of rotatable bonds is 73. The fraction of sp³-hybridized carbons (Fsp3) is 0.609. The second kappa shape index (κ2) is 77.3. The third-order valence-corrected chi connectivity index (χ3v) is 17.8. The lowest BCUT2D eigenvalue weighted by atomic mass is 10.0. The van der Waals surface area contributed by atoms with Crippen molar-refractivity contribution in [3.63, 3.8) is 0 Å². The first-order valence-electron chi connectivity index (χ1n) is 40.0. The van der Waals surface area contributed by atoms with Crippen molar-refractivity contribution < 1.29 is 80.2 Å². The minimum absolute atomic E-state index is 0.0227. The van der Waals surface area contributed by atoms with E-state index in [-0.39, 0.29) is 25.7 Å². The van der Waals surface area contributed by atoms with Gasteiger partial charge in [0.15, 0.2) is 12.2 Å². The second-order valence-corrected chi connectivity index (χ2v) is 28.8. The third kappa shape index (κ3) is 76.4.